The molecule has 166 valence electrons. The van der Waals surface area contributed by atoms with Gasteiger partial charge in [0.2, 0.25) is 0 Å². The average molecular weight is 423 g/mol. The van der Waals surface area contributed by atoms with E-state index in [1.54, 1.807) is 19.4 Å². The molecule has 1 atom stereocenters. The van der Waals surface area contributed by atoms with E-state index >= 15 is 0 Å². The van der Waals surface area contributed by atoms with Crippen molar-refractivity contribution in [3.63, 3.8) is 0 Å². The first-order valence-corrected chi connectivity index (χ1v) is 10.5. The maximum atomic E-state index is 12.3. The fourth-order valence-electron chi connectivity index (χ4n) is 3.29. The lowest BCUT2D eigenvalue weighted by Crippen LogP contribution is -2.30. The number of rotatable bonds is 9. The van der Waals surface area contributed by atoms with Gasteiger partial charge in [0.1, 0.15) is 5.75 Å². The van der Waals surface area contributed by atoms with Gasteiger partial charge in [-0.3, -0.25) is 9.78 Å². The zero-order valence-corrected chi connectivity index (χ0v) is 19.6. The maximum absolute atomic E-state index is 12.3. The van der Waals surface area contributed by atoms with Gasteiger partial charge in [0.05, 0.1) is 12.8 Å². The van der Waals surface area contributed by atoms with E-state index in [4.69, 9.17) is 10.1 Å². The first-order valence-electron chi connectivity index (χ1n) is 10.5. The highest BCUT2D eigenvalue weighted by Gasteiger charge is 2.17. The molecule has 0 aliphatic heterocycles. The summed E-state index contributed by atoms with van der Waals surface area (Å²) in [4.78, 5) is 18.7. The number of nitrogens with zero attached hydrogens (tertiary/aromatic N) is 2. The van der Waals surface area contributed by atoms with Crippen LogP contribution in [0.2, 0.25) is 0 Å². The summed E-state index contributed by atoms with van der Waals surface area (Å²) < 4.78 is 5.58. The molecule has 0 saturated carbocycles. The second-order valence-electron chi connectivity index (χ2n) is 8.25. The number of pyridine rings is 1. The van der Waals surface area contributed by atoms with Crippen LogP contribution < -0.4 is 10.1 Å². The number of hydrogen-bond donors (Lipinski definition) is 2. The van der Waals surface area contributed by atoms with Crippen LogP contribution in [0.3, 0.4) is 0 Å². The molecule has 6 heteroatoms. The Balaban J connectivity index is 2.12. The average Bonchev–Trinajstić information content (AvgIpc) is 2.72. The van der Waals surface area contributed by atoms with E-state index in [2.05, 4.69) is 22.1 Å². The Bertz CT molecular complexity index is 948. The molecule has 2 aromatic rings. The standard InChI is InChI=1S/C25H34N4O2/c1-16(2)28-25(30)20-10-11-22(24(13-20)31-7)17(3)15-29(6)19(5)12-23(26)21-9-8-18(4)27-14-21/h8-14,16-17,26H,15H2,1-7H3,(H,28,30)/b19-12+,26-23?. The third-order valence-electron chi connectivity index (χ3n) is 5.17. The zero-order valence-electron chi connectivity index (χ0n) is 19.6. The monoisotopic (exact) mass is 422 g/mol. The SMILES string of the molecule is COc1cc(C(=O)NC(C)C)ccc1C(C)CN(C)/C(C)=C/C(=N)c1ccc(C)nc1. The third kappa shape index (κ3) is 6.67. The van der Waals surface area contributed by atoms with Gasteiger partial charge in [-0.1, -0.05) is 13.0 Å². The molecule has 0 bridgehead atoms. The van der Waals surface area contributed by atoms with Gasteiger partial charge in [-0.2, -0.15) is 0 Å². The molecule has 0 aliphatic carbocycles. The zero-order chi connectivity index (χ0) is 23.1. The first kappa shape index (κ1) is 24.1. The Kier molecular flexibility index (Phi) is 8.37. The molecule has 1 unspecified atom stereocenters. The summed E-state index contributed by atoms with van der Waals surface area (Å²) in [6.45, 7) is 10.7. The van der Waals surface area contributed by atoms with Crippen molar-refractivity contribution in [2.45, 2.75) is 46.6 Å². The summed E-state index contributed by atoms with van der Waals surface area (Å²) in [5.74, 6) is 0.769. The van der Waals surface area contributed by atoms with Crippen LogP contribution in [0, 0.1) is 12.3 Å². The lowest BCUT2D eigenvalue weighted by molar-refractivity contribution is 0.0942. The smallest absolute Gasteiger partial charge is 0.251 e. The quantitative estimate of drug-likeness (QED) is 0.582. The molecule has 2 rings (SSSR count). The minimum Gasteiger partial charge on any atom is -0.496 e. The van der Waals surface area contributed by atoms with Crippen molar-refractivity contribution in [3.05, 3.63) is 70.7 Å². The fraction of sp³-hybridized carbons (Fsp3) is 0.400. The molecular weight excluding hydrogens is 388 g/mol. The molecule has 0 radical (unpaired) electrons. The predicted octanol–water partition coefficient (Wildman–Crippen LogP) is 4.54. The van der Waals surface area contributed by atoms with E-state index < -0.39 is 0 Å². The van der Waals surface area contributed by atoms with Crippen LogP contribution in [0.25, 0.3) is 0 Å². The number of likely N-dealkylation sites (N-methyl/N-ethyl adjacent to an activating group) is 1. The summed E-state index contributed by atoms with van der Waals surface area (Å²) in [6.07, 6.45) is 3.58. The van der Waals surface area contributed by atoms with Crippen molar-refractivity contribution < 1.29 is 9.53 Å². The number of nitrogens with one attached hydrogen (secondary N) is 2. The van der Waals surface area contributed by atoms with Gasteiger partial charge >= 0.3 is 0 Å². The molecular formula is C25H34N4O2. The number of aromatic nitrogens is 1. The second-order valence-corrected chi connectivity index (χ2v) is 8.25. The molecule has 0 fully saturated rings. The van der Waals surface area contributed by atoms with Crippen molar-refractivity contribution in [1.82, 2.24) is 15.2 Å². The maximum Gasteiger partial charge on any atom is 0.251 e. The highest BCUT2D eigenvalue weighted by Crippen LogP contribution is 2.29. The van der Waals surface area contributed by atoms with E-state index in [-0.39, 0.29) is 17.9 Å². The minimum absolute atomic E-state index is 0.0786. The van der Waals surface area contributed by atoms with Gasteiger partial charge in [-0.25, -0.2) is 0 Å². The Morgan fingerprint density at radius 2 is 1.90 bits per heavy atom. The van der Waals surface area contributed by atoms with E-state index in [0.717, 1.165) is 29.1 Å². The second kappa shape index (κ2) is 10.8. The lowest BCUT2D eigenvalue weighted by Gasteiger charge is -2.25. The van der Waals surface area contributed by atoms with E-state index in [0.29, 0.717) is 17.0 Å². The van der Waals surface area contributed by atoms with Crippen LogP contribution in [0.4, 0.5) is 0 Å². The van der Waals surface area contributed by atoms with Crippen LogP contribution in [-0.2, 0) is 0 Å². The first-order chi connectivity index (χ1) is 14.6. The van der Waals surface area contributed by atoms with E-state index in [1.807, 2.05) is 65.1 Å². The topological polar surface area (TPSA) is 78.3 Å². The number of carbonyl (C=O) groups is 1. The molecule has 0 spiro atoms. The van der Waals surface area contributed by atoms with Crippen LogP contribution >= 0.6 is 0 Å². The number of methoxy groups -OCH3 is 1. The van der Waals surface area contributed by atoms with Crippen LogP contribution in [0.1, 0.15) is 60.8 Å². The summed E-state index contributed by atoms with van der Waals surface area (Å²) in [7, 11) is 3.64. The predicted molar refractivity (Wildman–Crippen MR) is 126 cm³/mol. The number of ether oxygens (including phenoxy) is 1. The van der Waals surface area contributed by atoms with Crippen LogP contribution in [0.15, 0.2) is 48.3 Å². The molecule has 31 heavy (non-hydrogen) atoms. The van der Waals surface area contributed by atoms with E-state index in [1.165, 1.54) is 0 Å². The number of hydrogen-bond acceptors (Lipinski definition) is 5. The third-order valence-corrected chi connectivity index (χ3v) is 5.17. The summed E-state index contributed by atoms with van der Waals surface area (Å²) in [5, 5.41) is 11.3. The number of amides is 1. The highest BCUT2D eigenvalue weighted by molar-refractivity contribution is 6.06. The summed E-state index contributed by atoms with van der Waals surface area (Å²) in [5.41, 5.74) is 4.78. The fourth-order valence-corrected chi connectivity index (χ4v) is 3.29. The van der Waals surface area contributed by atoms with Gasteiger partial charge in [0.15, 0.2) is 0 Å². The van der Waals surface area contributed by atoms with Crippen molar-refractivity contribution in [3.8, 4) is 5.75 Å². The molecule has 0 saturated heterocycles. The normalized spacial score (nSPS) is 12.5. The molecule has 1 aromatic heterocycles. The Morgan fingerprint density at radius 1 is 1.23 bits per heavy atom. The Labute approximate surface area is 185 Å². The van der Waals surface area contributed by atoms with Crippen LogP contribution in [-0.4, -0.2) is 48.2 Å². The molecule has 1 amide bonds. The van der Waals surface area contributed by atoms with Gasteiger partial charge in [-0.15, -0.1) is 0 Å². The number of carbonyl (C=O) groups excluding carboxylic acids is 1. The van der Waals surface area contributed by atoms with Crippen molar-refractivity contribution in [1.29, 1.82) is 5.41 Å². The molecule has 2 N–H and O–H groups in total. The Morgan fingerprint density at radius 3 is 2.48 bits per heavy atom. The summed E-state index contributed by atoms with van der Waals surface area (Å²) in [6, 6.07) is 9.51. The van der Waals surface area contributed by atoms with Gasteiger partial charge in [-0.05, 0) is 63.6 Å². The Hall–Kier alpha value is -3.15. The van der Waals surface area contributed by atoms with Gasteiger partial charge in [0, 0.05) is 54.3 Å². The highest BCUT2D eigenvalue weighted by atomic mass is 16.5. The number of aryl methyl sites for hydroxylation is 1. The van der Waals surface area contributed by atoms with Crippen LogP contribution in [0.5, 0.6) is 5.75 Å². The molecule has 0 aliphatic rings. The van der Waals surface area contributed by atoms with Crippen molar-refractivity contribution >= 4 is 11.6 Å². The van der Waals surface area contributed by atoms with Crippen molar-refractivity contribution in [2.75, 3.05) is 20.7 Å². The molecule has 1 aromatic carbocycles. The number of allylic oxidation sites excluding steroid dienone is 2. The number of benzene rings is 1. The van der Waals surface area contributed by atoms with Gasteiger partial charge < -0.3 is 20.4 Å². The molecule has 1 heterocycles. The van der Waals surface area contributed by atoms with Crippen molar-refractivity contribution in [2.24, 2.45) is 0 Å². The lowest BCUT2D eigenvalue weighted by atomic mass is 9.97. The minimum atomic E-state index is -0.104. The summed E-state index contributed by atoms with van der Waals surface area (Å²) >= 11 is 0. The molecule has 6 nitrogen and oxygen atoms in total. The van der Waals surface area contributed by atoms with Gasteiger partial charge in [0.25, 0.3) is 5.91 Å². The van der Waals surface area contributed by atoms with E-state index in [9.17, 15) is 4.79 Å². The largest absolute Gasteiger partial charge is 0.496 e.